The molecule has 0 aliphatic heterocycles. The first-order valence-electron chi connectivity index (χ1n) is 12.1. The van der Waals surface area contributed by atoms with E-state index in [1.54, 1.807) is 23.5 Å². The summed E-state index contributed by atoms with van der Waals surface area (Å²) in [5.74, 6) is 0.248. The second-order valence-corrected chi connectivity index (χ2v) is 11.4. The highest BCUT2D eigenvalue weighted by molar-refractivity contribution is 7.08. The van der Waals surface area contributed by atoms with E-state index in [-0.39, 0.29) is 23.3 Å². The third kappa shape index (κ3) is 4.42. The second-order valence-electron chi connectivity index (χ2n) is 10.6. The molecule has 3 aromatic rings. The summed E-state index contributed by atoms with van der Waals surface area (Å²) < 4.78 is 41.7. The molecule has 0 saturated heterocycles. The second kappa shape index (κ2) is 8.80. The summed E-state index contributed by atoms with van der Waals surface area (Å²) in [4.78, 5) is 5.16. The summed E-state index contributed by atoms with van der Waals surface area (Å²) >= 11 is 1.56. The fourth-order valence-electron chi connectivity index (χ4n) is 5.95. The normalized spacial score (nSPS) is 20.5. The lowest BCUT2D eigenvalue weighted by atomic mass is 9.71. The first-order valence-corrected chi connectivity index (χ1v) is 13.0. The van der Waals surface area contributed by atoms with Gasteiger partial charge in [-0.05, 0) is 76.2 Å². The van der Waals surface area contributed by atoms with E-state index < -0.39 is 17.8 Å². The zero-order valence-electron chi connectivity index (χ0n) is 19.6. The van der Waals surface area contributed by atoms with Crippen molar-refractivity contribution in [2.45, 2.75) is 77.0 Å². The third-order valence-corrected chi connectivity index (χ3v) is 8.10. The Kier molecular flexibility index (Phi) is 6.09. The van der Waals surface area contributed by atoms with Gasteiger partial charge in [0.25, 0.3) is 0 Å². The van der Waals surface area contributed by atoms with E-state index in [1.165, 1.54) is 6.07 Å². The summed E-state index contributed by atoms with van der Waals surface area (Å²) in [6.45, 7) is 4.29. The largest absolute Gasteiger partial charge is 0.416 e. The van der Waals surface area contributed by atoms with E-state index in [4.69, 9.17) is 4.98 Å². The number of fused-ring (bicyclic) bond motifs is 1. The fourth-order valence-corrected chi connectivity index (χ4v) is 6.59. The van der Waals surface area contributed by atoms with Gasteiger partial charge in [-0.25, -0.2) is 0 Å². The summed E-state index contributed by atoms with van der Waals surface area (Å²) in [5, 5.41) is 15.3. The number of hydrogen-bond donors (Lipinski definition) is 1. The van der Waals surface area contributed by atoms with Crippen molar-refractivity contribution in [3.05, 3.63) is 74.7 Å². The zero-order valence-corrected chi connectivity index (χ0v) is 20.4. The SMILES string of the molecule is CC1(C)Cc2nc(C3CCCC3)c(Cc3ccccc3C(F)(F)F)c(-c3ccsc3)c2C(O)C1. The lowest BCUT2D eigenvalue weighted by Gasteiger charge is -2.37. The van der Waals surface area contributed by atoms with Gasteiger partial charge < -0.3 is 5.11 Å². The van der Waals surface area contributed by atoms with Crippen LogP contribution in [0.3, 0.4) is 0 Å². The van der Waals surface area contributed by atoms with Crippen molar-refractivity contribution in [3.63, 3.8) is 0 Å². The molecule has 2 aliphatic carbocycles. The van der Waals surface area contributed by atoms with Crippen LogP contribution in [0.25, 0.3) is 11.1 Å². The predicted molar refractivity (Wildman–Crippen MR) is 130 cm³/mol. The van der Waals surface area contributed by atoms with Crippen molar-refractivity contribution in [1.82, 2.24) is 4.98 Å². The van der Waals surface area contributed by atoms with Crippen LogP contribution >= 0.6 is 11.3 Å². The first-order chi connectivity index (χ1) is 16.1. The molecule has 1 aromatic carbocycles. The van der Waals surface area contributed by atoms with Crippen molar-refractivity contribution in [1.29, 1.82) is 0 Å². The van der Waals surface area contributed by atoms with Crippen LogP contribution in [0.15, 0.2) is 41.1 Å². The summed E-state index contributed by atoms with van der Waals surface area (Å²) in [6, 6.07) is 7.88. The van der Waals surface area contributed by atoms with Gasteiger partial charge in [0.15, 0.2) is 0 Å². The van der Waals surface area contributed by atoms with Crippen LogP contribution in [-0.4, -0.2) is 10.1 Å². The van der Waals surface area contributed by atoms with Gasteiger partial charge in [-0.1, -0.05) is 44.9 Å². The molecule has 1 unspecified atom stereocenters. The monoisotopic (exact) mass is 485 g/mol. The minimum Gasteiger partial charge on any atom is -0.388 e. The van der Waals surface area contributed by atoms with Gasteiger partial charge in [0.05, 0.1) is 11.7 Å². The number of thiophene rings is 1. The van der Waals surface area contributed by atoms with Gasteiger partial charge in [0, 0.05) is 29.3 Å². The summed E-state index contributed by atoms with van der Waals surface area (Å²) in [6.07, 6.45) is 0.670. The third-order valence-electron chi connectivity index (χ3n) is 7.41. The van der Waals surface area contributed by atoms with Crippen molar-refractivity contribution >= 4 is 11.3 Å². The molecule has 2 aliphatic rings. The predicted octanol–water partition coefficient (Wildman–Crippen LogP) is 8.08. The van der Waals surface area contributed by atoms with Crippen molar-refractivity contribution in [2.75, 3.05) is 0 Å². The van der Waals surface area contributed by atoms with Crippen LogP contribution in [0.2, 0.25) is 0 Å². The van der Waals surface area contributed by atoms with Crippen LogP contribution in [0.5, 0.6) is 0 Å². The Labute approximate surface area is 202 Å². The molecule has 2 nitrogen and oxygen atoms in total. The quantitative estimate of drug-likeness (QED) is 0.405. The molecule has 5 rings (SSSR count). The molecule has 6 heteroatoms. The number of pyridine rings is 1. The summed E-state index contributed by atoms with van der Waals surface area (Å²) in [5.41, 5.74) is 5.01. The Morgan fingerprint density at radius 1 is 1.12 bits per heavy atom. The number of aliphatic hydroxyl groups is 1. The molecule has 1 atom stereocenters. The Balaban J connectivity index is 1.78. The van der Waals surface area contributed by atoms with Crippen LogP contribution < -0.4 is 0 Å². The Hall–Kier alpha value is -2.18. The highest BCUT2D eigenvalue weighted by Crippen LogP contribution is 2.49. The molecular formula is C28H30F3NOS. The number of alkyl halides is 3. The molecule has 2 aromatic heterocycles. The molecule has 0 spiro atoms. The Morgan fingerprint density at radius 2 is 1.85 bits per heavy atom. The summed E-state index contributed by atoms with van der Waals surface area (Å²) in [7, 11) is 0. The van der Waals surface area contributed by atoms with Gasteiger partial charge in [-0.2, -0.15) is 24.5 Å². The highest BCUT2D eigenvalue weighted by Gasteiger charge is 2.38. The average Bonchev–Trinajstić information content (AvgIpc) is 3.47. The van der Waals surface area contributed by atoms with Crippen LogP contribution in [-0.2, 0) is 19.0 Å². The maximum absolute atomic E-state index is 13.9. The number of benzene rings is 1. The number of rotatable bonds is 4. The Bertz CT molecular complexity index is 1180. The van der Waals surface area contributed by atoms with Crippen molar-refractivity contribution in [2.24, 2.45) is 5.41 Å². The van der Waals surface area contributed by atoms with Gasteiger partial charge >= 0.3 is 6.18 Å². The molecule has 0 amide bonds. The minimum absolute atomic E-state index is 0.0807. The molecule has 34 heavy (non-hydrogen) atoms. The van der Waals surface area contributed by atoms with E-state index in [1.807, 2.05) is 16.8 Å². The van der Waals surface area contributed by atoms with E-state index in [9.17, 15) is 18.3 Å². The standard InChI is InChI=1S/C28H30F3NOS/c1-27(2)14-22-25(23(33)15-27)24(19-11-12-34-16-19)20(26(32-22)17-7-3-4-8-17)13-18-9-5-6-10-21(18)28(29,30)31/h5-6,9-12,16-17,23,33H,3-4,7-8,13-15H2,1-2H3. The molecule has 1 fully saturated rings. The highest BCUT2D eigenvalue weighted by atomic mass is 32.1. The number of halogens is 3. The average molecular weight is 486 g/mol. The van der Waals surface area contributed by atoms with Gasteiger partial charge in [0.2, 0.25) is 0 Å². The van der Waals surface area contributed by atoms with Crippen molar-refractivity contribution in [3.8, 4) is 11.1 Å². The van der Waals surface area contributed by atoms with E-state index in [2.05, 4.69) is 13.8 Å². The van der Waals surface area contributed by atoms with Crippen molar-refractivity contribution < 1.29 is 18.3 Å². The van der Waals surface area contributed by atoms with Crippen LogP contribution in [0.1, 0.15) is 91.6 Å². The van der Waals surface area contributed by atoms with E-state index in [0.29, 0.717) is 6.42 Å². The van der Waals surface area contributed by atoms with Crippen LogP contribution in [0.4, 0.5) is 13.2 Å². The zero-order chi connectivity index (χ0) is 24.1. The smallest absolute Gasteiger partial charge is 0.388 e. The lowest BCUT2D eigenvalue weighted by molar-refractivity contribution is -0.138. The molecule has 180 valence electrons. The maximum atomic E-state index is 13.9. The molecule has 1 saturated carbocycles. The van der Waals surface area contributed by atoms with E-state index in [0.717, 1.165) is 71.8 Å². The number of aliphatic hydroxyl groups excluding tert-OH is 1. The first kappa shape index (κ1) is 23.6. The van der Waals surface area contributed by atoms with Gasteiger partial charge in [-0.3, -0.25) is 4.98 Å². The number of nitrogens with zero attached hydrogens (tertiary/aromatic N) is 1. The van der Waals surface area contributed by atoms with E-state index >= 15 is 0 Å². The van der Waals surface area contributed by atoms with Gasteiger partial charge in [0.1, 0.15) is 0 Å². The molecule has 0 bridgehead atoms. The maximum Gasteiger partial charge on any atom is 0.416 e. The molecular weight excluding hydrogens is 455 g/mol. The number of hydrogen-bond acceptors (Lipinski definition) is 3. The Morgan fingerprint density at radius 3 is 2.53 bits per heavy atom. The van der Waals surface area contributed by atoms with Gasteiger partial charge in [-0.15, -0.1) is 0 Å². The fraction of sp³-hybridized carbons (Fsp3) is 0.464. The topological polar surface area (TPSA) is 33.1 Å². The van der Waals surface area contributed by atoms with Crippen LogP contribution in [0, 0.1) is 5.41 Å². The lowest BCUT2D eigenvalue weighted by Crippen LogP contribution is -2.28. The molecule has 0 radical (unpaired) electrons. The number of aromatic nitrogens is 1. The molecule has 1 N–H and O–H groups in total. The molecule has 2 heterocycles. The minimum atomic E-state index is -4.42.